The van der Waals surface area contributed by atoms with Gasteiger partial charge in [-0.25, -0.2) is 4.98 Å². The molecule has 0 aliphatic rings. The van der Waals surface area contributed by atoms with Crippen LogP contribution in [0.3, 0.4) is 0 Å². The summed E-state index contributed by atoms with van der Waals surface area (Å²) in [6, 6.07) is 3.84. The minimum atomic E-state index is -0.0627. The Morgan fingerprint density at radius 3 is 2.71 bits per heavy atom. The van der Waals surface area contributed by atoms with Crippen molar-refractivity contribution in [2.24, 2.45) is 0 Å². The Balaban J connectivity index is 1.37. The lowest BCUT2D eigenvalue weighted by Crippen LogP contribution is -2.32. The van der Waals surface area contributed by atoms with Crippen molar-refractivity contribution in [2.75, 3.05) is 12.3 Å². The number of carbonyl (C=O) groups excluding carboxylic acids is 1. The van der Waals surface area contributed by atoms with Crippen molar-refractivity contribution in [1.82, 2.24) is 30.3 Å². The normalized spacial score (nSPS) is 11.2. The molecule has 0 N–H and O–H groups in total. The number of amides is 1. The predicted octanol–water partition coefficient (Wildman–Crippen LogP) is 4.45. The molecular weight excluding hydrogens is 456 g/mol. The quantitative estimate of drug-likeness (QED) is 0.323. The second-order valence-corrected chi connectivity index (χ2v) is 9.68. The van der Waals surface area contributed by atoms with Crippen LogP contribution in [0.4, 0.5) is 0 Å². The van der Waals surface area contributed by atoms with Crippen molar-refractivity contribution in [3.63, 3.8) is 0 Å². The van der Waals surface area contributed by atoms with E-state index in [1.165, 1.54) is 34.4 Å². The van der Waals surface area contributed by atoms with Crippen LogP contribution >= 0.6 is 34.4 Å². The molecule has 0 saturated heterocycles. The molecule has 0 aliphatic carbocycles. The molecule has 31 heavy (non-hydrogen) atoms. The number of rotatable bonds is 9. The molecule has 4 aromatic rings. The maximum absolute atomic E-state index is 12.8. The number of thioether (sulfide) groups is 1. The first kappa shape index (κ1) is 21.7. The number of thiazole rings is 1. The van der Waals surface area contributed by atoms with E-state index in [-0.39, 0.29) is 18.2 Å². The Morgan fingerprint density at radius 2 is 2.00 bits per heavy atom. The molecule has 4 aromatic heterocycles. The van der Waals surface area contributed by atoms with E-state index in [2.05, 4.69) is 25.4 Å². The van der Waals surface area contributed by atoms with Gasteiger partial charge >= 0.3 is 0 Å². The van der Waals surface area contributed by atoms with Crippen molar-refractivity contribution in [2.45, 2.75) is 39.0 Å². The summed E-state index contributed by atoms with van der Waals surface area (Å²) in [7, 11) is 0. The van der Waals surface area contributed by atoms with Crippen molar-refractivity contribution >= 4 is 40.3 Å². The van der Waals surface area contributed by atoms with Gasteiger partial charge in [-0.2, -0.15) is 0 Å². The van der Waals surface area contributed by atoms with Gasteiger partial charge in [-0.3, -0.25) is 4.79 Å². The first-order chi connectivity index (χ1) is 15.0. The van der Waals surface area contributed by atoms with Crippen LogP contribution in [-0.4, -0.2) is 48.5 Å². The highest BCUT2D eigenvalue weighted by atomic mass is 32.2. The lowest BCUT2D eigenvalue weighted by molar-refractivity contribution is -0.129. The predicted molar refractivity (Wildman–Crippen MR) is 119 cm³/mol. The van der Waals surface area contributed by atoms with Gasteiger partial charge in [0.1, 0.15) is 4.88 Å². The fourth-order valence-electron chi connectivity index (χ4n) is 2.85. The number of nitrogens with zero attached hydrogens (tertiary/aromatic N) is 6. The highest BCUT2D eigenvalue weighted by Crippen LogP contribution is 2.30. The fourth-order valence-corrected chi connectivity index (χ4v) is 5.00. The summed E-state index contributed by atoms with van der Waals surface area (Å²) in [5.74, 6) is 1.41. The van der Waals surface area contributed by atoms with E-state index in [0.717, 1.165) is 26.9 Å². The summed E-state index contributed by atoms with van der Waals surface area (Å²) in [6.07, 6.45) is 0.817. The molecule has 12 heteroatoms. The molecular formula is C19H20N6O3S3. The first-order valence-corrected chi connectivity index (χ1v) is 12.3. The van der Waals surface area contributed by atoms with Crippen LogP contribution in [0, 0.1) is 13.8 Å². The third-order valence-corrected chi connectivity index (χ3v) is 6.92. The van der Waals surface area contributed by atoms with Crippen molar-refractivity contribution < 1.29 is 13.6 Å². The van der Waals surface area contributed by atoms with E-state index in [1.54, 1.807) is 4.90 Å². The number of aryl methyl sites for hydroxylation is 2. The maximum Gasteiger partial charge on any atom is 0.277 e. The molecule has 4 rings (SSSR count). The fraction of sp³-hybridized carbons (Fsp3) is 0.368. The van der Waals surface area contributed by atoms with Crippen LogP contribution in [-0.2, 0) is 11.3 Å². The zero-order valence-corrected chi connectivity index (χ0v) is 19.6. The second kappa shape index (κ2) is 9.71. The number of carbonyl (C=O) groups is 1. The molecule has 0 unspecified atom stereocenters. The topological polar surface area (TPSA) is 111 Å². The molecule has 0 aliphatic heterocycles. The number of hydrogen-bond donors (Lipinski definition) is 0. The zero-order chi connectivity index (χ0) is 21.8. The number of hydrogen-bond acceptors (Lipinski definition) is 11. The second-order valence-electron chi connectivity index (χ2n) is 6.60. The van der Waals surface area contributed by atoms with Gasteiger partial charge in [-0.05, 0) is 31.7 Å². The highest BCUT2D eigenvalue weighted by Gasteiger charge is 2.20. The van der Waals surface area contributed by atoms with Crippen LogP contribution in [0.5, 0.6) is 0 Å². The molecule has 162 valence electrons. The van der Waals surface area contributed by atoms with Gasteiger partial charge in [-0.15, -0.1) is 43.1 Å². The van der Waals surface area contributed by atoms with Gasteiger partial charge < -0.3 is 13.7 Å². The SMILES string of the molecule is CCCN(Cc1nnc(-c2cccs2)o1)C(=O)CSc1nnc(-c2sc(C)nc2C)o1. The van der Waals surface area contributed by atoms with Crippen molar-refractivity contribution in [3.8, 4) is 21.5 Å². The van der Waals surface area contributed by atoms with Crippen LogP contribution in [0.1, 0.15) is 29.9 Å². The molecule has 0 aromatic carbocycles. The molecule has 1 amide bonds. The van der Waals surface area contributed by atoms with E-state index < -0.39 is 0 Å². The van der Waals surface area contributed by atoms with Gasteiger partial charge in [0.15, 0.2) is 0 Å². The summed E-state index contributed by atoms with van der Waals surface area (Å²) in [6.45, 7) is 6.71. The summed E-state index contributed by atoms with van der Waals surface area (Å²) in [4.78, 5) is 20.6. The Bertz CT molecular complexity index is 1150. The average Bonchev–Trinajstić information content (AvgIpc) is 3.53. The summed E-state index contributed by atoms with van der Waals surface area (Å²) in [5, 5.41) is 19.5. The number of aromatic nitrogens is 5. The van der Waals surface area contributed by atoms with Crippen molar-refractivity contribution in [1.29, 1.82) is 0 Å². The van der Waals surface area contributed by atoms with Gasteiger partial charge in [0.25, 0.3) is 17.0 Å². The van der Waals surface area contributed by atoms with Crippen LogP contribution in [0.2, 0.25) is 0 Å². The van der Waals surface area contributed by atoms with Crippen LogP contribution < -0.4 is 0 Å². The summed E-state index contributed by atoms with van der Waals surface area (Å²) >= 11 is 4.24. The lowest BCUT2D eigenvalue weighted by Gasteiger charge is -2.19. The van der Waals surface area contributed by atoms with Crippen LogP contribution in [0.25, 0.3) is 21.5 Å². The van der Waals surface area contributed by atoms with Gasteiger partial charge in [0.05, 0.1) is 27.9 Å². The van der Waals surface area contributed by atoms with Gasteiger partial charge in [-0.1, -0.05) is 24.8 Å². The molecule has 0 saturated carbocycles. The standard InChI is InChI=1S/C19H20N6O3S3/c1-4-7-25(9-14-21-22-17(27-14)13-6-5-8-29-13)15(26)10-30-19-24-23-18(28-19)16-11(2)20-12(3)31-16/h5-6,8H,4,7,9-10H2,1-3H3. The first-order valence-electron chi connectivity index (χ1n) is 9.58. The largest absolute Gasteiger partial charge is 0.418 e. The molecule has 0 fully saturated rings. The minimum absolute atomic E-state index is 0.0627. The maximum atomic E-state index is 12.8. The third kappa shape index (κ3) is 5.20. The monoisotopic (exact) mass is 476 g/mol. The van der Waals surface area contributed by atoms with E-state index >= 15 is 0 Å². The molecule has 9 nitrogen and oxygen atoms in total. The molecule has 4 heterocycles. The number of thiophene rings is 1. The summed E-state index contributed by atoms with van der Waals surface area (Å²) < 4.78 is 11.4. The van der Waals surface area contributed by atoms with Gasteiger partial charge in [0.2, 0.25) is 11.8 Å². The smallest absolute Gasteiger partial charge is 0.277 e. The molecule has 0 spiro atoms. The molecule has 0 radical (unpaired) electrons. The average molecular weight is 477 g/mol. The van der Waals surface area contributed by atoms with Crippen molar-refractivity contribution in [3.05, 3.63) is 34.1 Å². The van der Waals surface area contributed by atoms with Gasteiger partial charge in [0, 0.05) is 6.54 Å². The lowest BCUT2D eigenvalue weighted by atomic mass is 10.4. The van der Waals surface area contributed by atoms with E-state index in [4.69, 9.17) is 8.83 Å². The van der Waals surface area contributed by atoms with Crippen LogP contribution in [0.15, 0.2) is 31.6 Å². The minimum Gasteiger partial charge on any atom is -0.418 e. The zero-order valence-electron chi connectivity index (χ0n) is 17.2. The Kier molecular flexibility index (Phi) is 6.78. The van der Waals surface area contributed by atoms with E-state index in [9.17, 15) is 4.79 Å². The molecule has 0 bridgehead atoms. The Hall–Kier alpha value is -2.57. The Morgan fingerprint density at radius 1 is 1.16 bits per heavy atom. The Labute approximate surface area is 190 Å². The highest BCUT2D eigenvalue weighted by molar-refractivity contribution is 7.99. The van der Waals surface area contributed by atoms with E-state index in [0.29, 0.717) is 29.4 Å². The summed E-state index contributed by atoms with van der Waals surface area (Å²) in [5.41, 5.74) is 0.856. The molecule has 0 atom stereocenters. The third-order valence-electron chi connectivity index (χ3n) is 4.19. The van der Waals surface area contributed by atoms with E-state index in [1.807, 2.05) is 38.3 Å².